The highest BCUT2D eigenvalue weighted by molar-refractivity contribution is 7.99. The Morgan fingerprint density at radius 2 is 2.00 bits per heavy atom. The highest BCUT2D eigenvalue weighted by Crippen LogP contribution is 2.35. The average Bonchev–Trinajstić information content (AvgIpc) is 2.36. The van der Waals surface area contributed by atoms with Crippen LogP contribution in [0, 0.1) is 0 Å². The largest absolute Gasteiger partial charge is 0.497 e. The molecule has 3 nitrogen and oxygen atoms in total. The van der Waals surface area contributed by atoms with Crippen LogP contribution < -0.4 is 10.5 Å². The molecule has 0 bridgehead atoms. The zero-order valence-electron chi connectivity index (χ0n) is 9.48. The van der Waals surface area contributed by atoms with E-state index in [-0.39, 0.29) is 5.82 Å². The summed E-state index contributed by atoms with van der Waals surface area (Å²) >= 11 is 13.3. The van der Waals surface area contributed by atoms with E-state index in [2.05, 4.69) is 4.98 Å². The molecule has 0 fully saturated rings. The van der Waals surface area contributed by atoms with Gasteiger partial charge in [-0.05, 0) is 24.3 Å². The Hall–Kier alpha value is -1.10. The minimum Gasteiger partial charge on any atom is -0.497 e. The summed E-state index contributed by atoms with van der Waals surface area (Å²) in [6, 6.07) is 9.20. The molecule has 6 heteroatoms. The van der Waals surface area contributed by atoms with Crippen molar-refractivity contribution in [2.75, 3.05) is 12.8 Å². The molecule has 1 heterocycles. The Kier molecular flexibility index (Phi) is 4.22. The van der Waals surface area contributed by atoms with E-state index in [9.17, 15) is 0 Å². The second-order valence-corrected chi connectivity index (χ2v) is 5.30. The Bertz CT molecular complexity index is 578. The van der Waals surface area contributed by atoms with Crippen molar-refractivity contribution >= 4 is 40.8 Å². The molecular weight excluding hydrogens is 291 g/mol. The van der Waals surface area contributed by atoms with Crippen molar-refractivity contribution in [3.05, 3.63) is 40.4 Å². The topological polar surface area (TPSA) is 48.1 Å². The molecule has 2 rings (SSSR count). The van der Waals surface area contributed by atoms with E-state index in [4.69, 9.17) is 33.7 Å². The number of rotatable bonds is 3. The smallest absolute Gasteiger partial charge is 0.143 e. The highest BCUT2D eigenvalue weighted by Gasteiger charge is 2.09. The monoisotopic (exact) mass is 300 g/mol. The minimum atomic E-state index is 0.270. The van der Waals surface area contributed by atoms with Crippen LogP contribution in [0.4, 0.5) is 5.82 Å². The first-order valence-corrected chi connectivity index (χ1v) is 6.61. The third-order valence-corrected chi connectivity index (χ3v) is 3.88. The van der Waals surface area contributed by atoms with Crippen molar-refractivity contribution in [1.29, 1.82) is 0 Å². The van der Waals surface area contributed by atoms with Gasteiger partial charge in [0.25, 0.3) is 0 Å². The summed E-state index contributed by atoms with van der Waals surface area (Å²) in [5.41, 5.74) is 5.66. The van der Waals surface area contributed by atoms with Gasteiger partial charge >= 0.3 is 0 Å². The predicted octanol–water partition coefficient (Wildman–Crippen LogP) is 4.13. The van der Waals surface area contributed by atoms with Crippen LogP contribution in [0.15, 0.2) is 40.3 Å². The molecule has 18 heavy (non-hydrogen) atoms. The summed E-state index contributed by atoms with van der Waals surface area (Å²) in [5, 5.41) is 1.45. The molecule has 0 atom stereocenters. The van der Waals surface area contributed by atoms with Crippen molar-refractivity contribution in [2.45, 2.75) is 9.92 Å². The van der Waals surface area contributed by atoms with Gasteiger partial charge in [-0.25, -0.2) is 4.98 Å². The lowest BCUT2D eigenvalue weighted by molar-refractivity contribution is 0.413. The molecule has 0 spiro atoms. The van der Waals surface area contributed by atoms with Crippen molar-refractivity contribution in [3.63, 3.8) is 0 Å². The molecule has 0 unspecified atom stereocenters. The number of anilines is 1. The molecule has 0 aliphatic rings. The maximum atomic E-state index is 6.07. The van der Waals surface area contributed by atoms with Gasteiger partial charge in [0, 0.05) is 4.90 Å². The molecule has 0 saturated heterocycles. The SMILES string of the molecule is COc1cccc(Sc2nc(N)c(Cl)cc2Cl)c1. The molecule has 0 aliphatic carbocycles. The lowest BCUT2D eigenvalue weighted by Gasteiger charge is -2.07. The number of nitrogens with zero attached hydrogens (tertiary/aromatic N) is 1. The summed E-state index contributed by atoms with van der Waals surface area (Å²) < 4.78 is 5.15. The number of aromatic nitrogens is 1. The van der Waals surface area contributed by atoms with E-state index < -0.39 is 0 Å². The van der Waals surface area contributed by atoms with E-state index >= 15 is 0 Å². The van der Waals surface area contributed by atoms with Gasteiger partial charge in [-0.3, -0.25) is 0 Å². The molecule has 1 aromatic carbocycles. The van der Waals surface area contributed by atoms with Crippen LogP contribution in [0.1, 0.15) is 0 Å². The fourth-order valence-corrected chi connectivity index (χ4v) is 2.63. The van der Waals surface area contributed by atoms with Gasteiger partial charge < -0.3 is 10.5 Å². The van der Waals surface area contributed by atoms with Gasteiger partial charge in [0.05, 0.1) is 17.2 Å². The first-order chi connectivity index (χ1) is 8.60. The Balaban J connectivity index is 2.30. The molecule has 1 aromatic heterocycles. The van der Waals surface area contributed by atoms with E-state index in [1.807, 2.05) is 24.3 Å². The lowest BCUT2D eigenvalue weighted by Crippen LogP contribution is -1.93. The van der Waals surface area contributed by atoms with Crippen LogP contribution >= 0.6 is 35.0 Å². The van der Waals surface area contributed by atoms with Crippen molar-refractivity contribution in [2.24, 2.45) is 0 Å². The van der Waals surface area contributed by atoms with Crippen LogP contribution in [0.2, 0.25) is 10.0 Å². The second-order valence-electron chi connectivity index (χ2n) is 3.42. The Labute approximate surface area is 119 Å². The van der Waals surface area contributed by atoms with Crippen molar-refractivity contribution < 1.29 is 4.74 Å². The van der Waals surface area contributed by atoms with Gasteiger partial charge in [-0.1, -0.05) is 41.0 Å². The summed E-state index contributed by atoms with van der Waals surface area (Å²) in [4.78, 5) is 5.12. The number of hydrogen-bond donors (Lipinski definition) is 1. The molecule has 94 valence electrons. The fourth-order valence-electron chi connectivity index (χ4n) is 1.31. The maximum Gasteiger partial charge on any atom is 0.143 e. The predicted molar refractivity (Wildman–Crippen MR) is 75.8 cm³/mol. The van der Waals surface area contributed by atoms with Crippen LogP contribution in [0.5, 0.6) is 5.75 Å². The number of nitrogens with two attached hydrogens (primary N) is 1. The van der Waals surface area contributed by atoms with E-state index in [1.54, 1.807) is 13.2 Å². The fraction of sp³-hybridized carbons (Fsp3) is 0.0833. The summed E-state index contributed by atoms with van der Waals surface area (Å²) in [6.07, 6.45) is 0. The van der Waals surface area contributed by atoms with E-state index in [1.165, 1.54) is 11.8 Å². The number of ether oxygens (including phenoxy) is 1. The third-order valence-electron chi connectivity index (χ3n) is 2.18. The second kappa shape index (κ2) is 5.69. The number of hydrogen-bond acceptors (Lipinski definition) is 4. The number of pyridine rings is 1. The molecular formula is C12H10Cl2N2OS. The standard InChI is InChI=1S/C12H10Cl2N2OS/c1-17-7-3-2-4-8(5-7)18-12-10(14)6-9(13)11(15)16-12/h2-6H,1H3,(H2,15,16). The molecule has 2 N–H and O–H groups in total. The third kappa shape index (κ3) is 3.02. The molecule has 2 aromatic rings. The van der Waals surface area contributed by atoms with E-state index in [0.29, 0.717) is 15.1 Å². The minimum absolute atomic E-state index is 0.270. The average molecular weight is 301 g/mol. The highest BCUT2D eigenvalue weighted by atomic mass is 35.5. The van der Waals surface area contributed by atoms with Crippen LogP contribution in [-0.2, 0) is 0 Å². The Morgan fingerprint density at radius 3 is 2.72 bits per heavy atom. The maximum absolute atomic E-state index is 6.07. The summed E-state index contributed by atoms with van der Waals surface area (Å²) in [6.45, 7) is 0. The quantitative estimate of drug-likeness (QED) is 0.926. The summed E-state index contributed by atoms with van der Waals surface area (Å²) in [7, 11) is 1.62. The molecule has 0 saturated carbocycles. The normalized spacial score (nSPS) is 10.4. The lowest BCUT2D eigenvalue weighted by atomic mass is 10.3. The van der Waals surface area contributed by atoms with Gasteiger partial charge in [0.1, 0.15) is 16.6 Å². The number of halogens is 2. The number of benzene rings is 1. The molecule has 0 aliphatic heterocycles. The van der Waals surface area contributed by atoms with Crippen LogP contribution in [-0.4, -0.2) is 12.1 Å². The van der Waals surface area contributed by atoms with E-state index in [0.717, 1.165) is 10.6 Å². The molecule has 0 amide bonds. The zero-order valence-corrected chi connectivity index (χ0v) is 11.8. The van der Waals surface area contributed by atoms with Crippen molar-refractivity contribution in [1.82, 2.24) is 4.98 Å². The summed E-state index contributed by atoms with van der Waals surface area (Å²) in [5.74, 6) is 1.05. The Morgan fingerprint density at radius 1 is 1.22 bits per heavy atom. The van der Waals surface area contributed by atoms with Crippen LogP contribution in [0.25, 0.3) is 0 Å². The number of nitrogen functional groups attached to an aromatic ring is 1. The first-order valence-electron chi connectivity index (χ1n) is 5.03. The van der Waals surface area contributed by atoms with Gasteiger partial charge in [0.15, 0.2) is 0 Å². The molecule has 0 radical (unpaired) electrons. The number of methoxy groups -OCH3 is 1. The zero-order chi connectivity index (χ0) is 13.1. The van der Waals surface area contributed by atoms with Crippen molar-refractivity contribution in [3.8, 4) is 5.75 Å². The first kappa shape index (κ1) is 13.3. The van der Waals surface area contributed by atoms with Gasteiger partial charge in [-0.2, -0.15) is 0 Å². The van der Waals surface area contributed by atoms with Crippen LogP contribution in [0.3, 0.4) is 0 Å². The van der Waals surface area contributed by atoms with Gasteiger partial charge in [0.2, 0.25) is 0 Å². The van der Waals surface area contributed by atoms with Gasteiger partial charge in [-0.15, -0.1) is 0 Å².